The summed E-state index contributed by atoms with van der Waals surface area (Å²) in [5, 5.41) is 0. The first-order chi connectivity index (χ1) is 19.4. The fourth-order valence-corrected chi connectivity index (χ4v) is 4.23. The number of hydrogen-bond acceptors (Lipinski definition) is 7. The molecule has 0 aliphatic rings. The van der Waals surface area contributed by atoms with Crippen LogP contribution in [0.1, 0.15) is 24.5 Å². The molecule has 4 aromatic carbocycles. The summed E-state index contributed by atoms with van der Waals surface area (Å²) in [6.07, 6.45) is 0.540. The van der Waals surface area contributed by atoms with Gasteiger partial charge in [-0.2, -0.15) is 0 Å². The first-order valence-electron chi connectivity index (χ1n) is 13.2. The van der Waals surface area contributed by atoms with E-state index >= 15 is 0 Å². The number of nitrogens with zero attached hydrogens (tertiary/aromatic N) is 1. The highest BCUT2D eigenvalue weighted by Crippen LogP contribution is 2.31. The molecule has 0 aliphatic heterocycles. The third kappa shape index (κ3) is 8.09. The molecular weight excluding hydrogens is 504 g/mol. The third-order valence-corrected chi connectivity index (χ3v) is 6.59. The maximum Gasteiger partial charge on any atom is 0.146 e. The minimum absolute atomic E-state index is 0.0218. The van der Waals surface area contributed by atoms with Crippen molar-refractivity contribution in [1.82, 2.24) is 4.90 Å². The zero-order chi connectivity index (χ0) is 28.3. The maximum atomic E-state index is 11.9. The topological polar surface area (TPSA) is 83.2 Å². The van der Waals surface area contributed by atoms with Crippen LogP contribution in [0.25, 0.3) is 0 Å². The first-order valence-corrected chi connectivity index (χ1v) is 13.2. The largest absolute Gasteiger partial charge is 0.497 e. The molecule has 2 N–H and O–H groups in total. The quantitative estimate of drug-likeness (QED) is 0.193. The number of Topliss-reactive ketones (excluding diaryl/α,β-unsaturated/α-hetero) is 1. The Balaban J connectivity index is 1.56. The van der Waals surface area contributed by atoms with E-state index in [0.717, 1.165) is 45.6 Å². The standard InChI is InChI=1S/C33H36N2O5/c1-24(36)31(34)20-21-35(22-25-8-4-6-10-32(25)39-29-16-12-27(37-2)13-17-29)23-26-9-5-7-11-33(26)40-30-18-14-28(38-3)15-19-30/h4-19,31H,20-23,34H2,1-3H3/t31-/m0/s1. The monoisotopic (exact) mass is 540 g/mol. The Morgan fingerprint density at radius 2 is 1.07 bits per heavy atom. The van der Waals surface area contributed by atoms with Gasteiger partial charge in [-0.1, -0.05) is 36.4 Å². The van der Waals surface area contributed by atoms with Crippen LogP contribution in [0.4, 0.5) is 0 Å². The van der Waals surface area contributed by atoms with Crippen molar-refractivity contribution in [3.8, 4) is 34.5 Å². The molecule has 208 valence electrons. The lowest BCUT2D eigenvalue weighted by Gasteiger charge is -2.25. The van der Waals surface area contributed by atoms with E-state index in [4.69, 9.17) is 24.7 Å². The van der Waals surface area contributed by atoms with E-state index in [1.165, 1.54) is 6.92 Å². The molecule has 0 aromatic heterocycles. The Bertz CT molecular complexity index is 1280. The molecule has 0 fully saturated rings. The molecule has 0 amide bonds. The van der Waals surface area contributed by atoms with Crippen molar-refractivity contribution in [3.05, 3.63) is 108 Å². The summed E-state index contributed by atoms with van der Waals surface area (Å²) >= 11 is 0. The van der Waals surface area contributed by atoms with Crippen molar-refractivity contribution >= 4 is 5.78 Å². The van der Waals surface area contributed by atoms with Crippen molar-refractivity contribution in [3.63, 3.8) is 0 Å². The molecule has 0 saturated carbocycles. The summed E-state index contributed by atoms with van der Waals surface area (Å²) in [6, 6.07) is 30.4. The van der Waals surface area contributed by atoms with Crippen molar-refractivity contribution in [2.45, 2.75) is 32.5 Å². The number of methoxy groups -OCH3 is 2. The van der Waals surface area contributed by atoms with E-state index in [9.17, 15) is 4.79 Å². The smallest absolute Gasteiger partial charge is 0.146 e. The molecule has 1 atom stereocenters. The highest BCUT2D eigenvalue weighted by molar-refractivity contribution is 5.81. The Hall–Kier alpha value is -4.33. The second kappa shape index (κ2) is 14.2. The first kappa shape index (κ1) is 28.7. The molecule has 40 heavy (non-hydrogen) atoms. The molecule has 0 saturated heterocycles. The number of para-hydroxylation sites is 2. The lowest BCUT2D eigenvalue weighted by atomic mass is 10.1. The van der Waals surface area contributed by atoms with Crippen LogP contribution in [0.5, 0.6) is 34.5 Å². The summed E-state index contributed by atoms with van der Waals surface area (Å²) < 4.78 is 23.0. The van der Waals surface area contributed by atoms with Crippen LogP contribution in [0.15, 0.2) is 97.1 Å². The Morgan fingerprint density at radius 3 is 1.48 bits per heavy atom. The number of hydrogen-bond donors (Lipinski definition) is 1. The summed E-state index contributed by atoms with van der Waals surface area (Å²) in [5.41, 5.74) is 8.15. The number of ketones is 1. The highest BCUT2D eigenvalue weighted by atomic mass is 16.5. The van der Waals surface area contributed by atoms with Crippen LogP contribution in [-0.4, -0.2) is 37.5 Å². The minimum atomic E-state index is -0.515. The molecule has 7 heteroatoms. The summed E-state index contributed by atoms with van der Waals surface area (Å²) in [5.74, 6) is 4.47. The van der Waals surface area contributed by atoms with Gasteiger partial charge in [0.05, 0.1) is 20.3 Å². The molecule has 4 aromatic rings. The number of carbonyl (C=O) groups excluding carboxylic acids is 1. The number of rotatable bonds is 14. The normalized spacial score (nSPS) is 11.6. The molecule has 0 aliphatic carbocycles. The van der Waals surface area contributed by atoms with Gasteiger partial charge in [0.15, 0.2) is 0 Å². The minimum Gasteiger partial charge on any atom is -0.497 e. The SMILES string of the molecule is COc1ccc(Oc2ccccc2CN(CC[C@H](N)C(C)=O)Cc2ccccc2Oc2ccc(OC)cc2)cc1. The average Bonchev–Trinajstić information content (AvgIpc) is 2.98. The molecular formula is C33H36N2O5. The molecule has 0 bridgehead atoms. The average molecular weight is 541 g/mol. The molecule has 7 nitrogen and oxygen atoms in total. The molecule has 0 unspecified atom stereocenters. The summed E-state index contributed by atoms with van der Waals surface area (Å²) in [6.45, 7) is 3.33. The van der Waals surface area contributed by atoms with Gasteiger partial charge in [-0.25, -0.2) is 0 Å². The Labute approximate surface area is 236 Å². The van der Waals surface area contributed by atoms with Crippen LogP contribution >= 0.6 is 0 Å². The molecule has 4 rings (SSSR count). The van der Waals surface area contributed by atoms with Crippen molar-refractivity contribution < 1.29 is 23.7 Å². The predicted molar refractivity (Wildman–Crippen MR) is 156 cm³/mol. The van der Waals surface area contributed by atoms with Gasteiger partial charge in [0.2, 0.25) is 0 Å². The van der Waals surface area contributed by atoms with E-state index in [2.05, 4.69) is 17.0 Å². The fraction of sp³-hybridized carbons (Fsp3) is 0.242. The van der Waals surface area contributed by atoms with Gasteiger partial charge in [0.1, 0.15) is 40.3 Å². The Kier molecular flexibility index (Phi) is 10.2. The number of nitrogens with two attached hydrogens (primary N) is 1. The van der Waals surface area contributed by atoms with Gasteiger partial charge in [0.25, 0.3) is 0 Å². The summed E-state index contributed by atoms with van der Waals surface area (Å²) in [7, 11) is 3.27. The van der Waals surface area contributed by atoms with Crippen molar-refractivity contribution in [1.29, 1.82) is 0 Å². The van der Waals surface area contributed by atoms with E-state index in [1.807, 2.05) is 84.9 Å². The van der Waals surface area contributed by atoms with Gasteiger partial charge < -0.3 is 24.7 Å². The number of benzene rings is 4. The fourth-order valence-electron chi connectivity index (χ4n) is 4.23. The van der Waals surface area contributed by atoms with Gasteiger partial charge >= 0.3 is 0 Å². The molecule has 0 spiro atoms. The lowest BCUT2D eigenvalue weighted by molar-refractivity contribution is -0.118. The van der Waals surface area contributed by atoms with Gasteiger partial charge in [-0.3, -0.25) is 9.69 Å². The second-order valence-corrected chi connectivity index (χ2v) is 9.49. The van der Waals surface area contributed by atoms with Crippen LogP contribution in [0.3, 0.4) is 0 Å². The van der Waals surface area contributed by atoms with Gasteiger partial charge in [-0.05, 0) is 74.0 Å². The summed E-state index contributed by atoms with van der Waals surface area (Å²) in [4.78, 5) is 14.1. The zero-order valence-corrected chi connectivity index (χ0v) is 23.2. The molecule has 0 heterocycles. The van der Waals surface area contributed by atoms with E-state index in [0.29, 0.717) is 26.1 Å². The predicted octanol–water partition coefficient (Wildman–Crippen LogP) is 6.60. The zero-order valence-electron chi connectivity index (χ0n) is 23.2. The molecule has 0 radical (unpaired) electrons. The van der Waals surface area contributed by atoms with Crippen LogP contribution in [0, 0.1) is 0 Å². The van der Waals surface area contributed by atoms with E-state index in [1.54, 1.807) is 14.2 Å². The van der Waals surface area contributed by atoms with E-state index in [-0.39, 0.29) is 5.78 Å². The van der Waals surface area contributed by atoms with Crippen molar-refractivity contribution in [2.24, 2.45) is 5.73 Å². The number of carbonyl (C=O) groups is 1. The third-order valence-electron chi connectivity index (χ3n) is 6.59. The van der Waals surface area contributed by atoms with Crippen LogP contribution in [0.2, 0.25) is 0 Å². The van der Waals surface area contributed by atoms with Gasteiger partial charge in [0, 0.05) is 30.8 Å². The highest BCUT2D eigenvalue weighted by Gasteiger charge is 2.17. The van der Waals surface area contributed by atoms with E-state index < -0.39 is 6.04 Å². The second-order valence-electron chi connectivity index (χ2n) is 9.49. The lowest BCUT2D eigenvalue weighted by Crippen LogP contribution is -2.34. The van der Waals surface area contributed by atoms with Crippen molar-refractivity contribution in [2.75, 3.05) is 20.8 Å². The Morgan fingerprint density at radius 1 is 0.675 bits per heavy atom. The van der Waals surface area contributed by atoms with Crippen LogP contribution in [-0.2, 0) is 17.9 Å². The van der Waals surface area contributed by atoms with Crippen LogP contribution < -0.4 is 24.7 Å². The maximum absolute atomic E-state index is 11.9. The van der Waals surface area contributed by atoms with Gasteiger partial charge in [-0.15, -0.1) is 0 Å². The number of ether oxygens (including phenoxy) is 4.